The number of hydrogen-bond donors (Lipinski definition) is 2. The molecule has 0 aliphatic rings. The number of amides is 1. The maximum Gasteiger partial charge on any atom is 0.289 e. The van der Waals surface area contributed by atoms with Crippen LogP contribution in [0.25, 0.3) is 10.4 Å². The summed E-state index contributed by atoms with van der Waals surface area (Å²) in [6.07, 6.45) is -1.64. The van der Waals surface area contributed by atoms with Crippen LogP contribution in [0.15, 0.2) is 53.6 Å². The van der Waals surface area contributed by atoms with Crippen molar-refractivity contribution >= 4 is 38.9 Å². The molecule has 152 valence electrons. The number of nitrogens with two attached hydrogens (primary N) is 2. The van der Waals surface area contributed by atoms with E-state index in [1.54, 1.807) is 24.3 Å². The van der Waals surface area contributed by atoms with Crippen molar-refractivity contribution < 1.29 is 22.0 Å². The molecule has 0 aliphatic heterocycles. The van der Waals surface area contributed by atoms with Crippen LogP contribution < -0.4 is 10.9 Å². The van der Waals surface area contributed by atoms with Gasteiger partial charge in [0, 0.05) is 16.8 Å². The smallest absolute Gasteiger partial charge is 0.289 e. The van der Waals surface area contributed by atoms with Crippen LogP contribution in [0.5, 0.6) is 0 Å². The Balaban J connectivity index is 2.19. The highest BCUT2D eigenvalue weighted by molar-refractivity contribution is 7.89. The second-order valence-electron chi connectivity index (χ2n) is 6.02. The molecule has 2 aromatic carbocycles. The van der Waals surface area contributed by atoms with Crippen LogP contribution >= 0.6 is 22.9 Å². The van der Waals surface area contributed by atoms with Gasteiger partial charge in [-0.2, -0.15) is 0 Å². The minimum Gasteiger partial charge on any atom is -0.369 e. The third-order valence-corrected chi connectivity index (χ3v) is 6.45. The number of carbonyl (C=O) groups is 1. The summed E-state index contributed by atoms with van der Waals surface area (Å²) in [4.78, 5) is 15.6. The molecule has 0 radical (unpaired) electrons. The zero-order valence-corrected chi connectivity index (χ0v) is 16.9. The molecule has 4 N–H and O–H groups in total. The average molecular weight is 458 g/mol. The second kappa shape index (κ2) is 8.15. The Morgan fingerprint density at radius 2 is 1.86 bits per heavy atom. The largest absolute Gasteiger partial charge is 0.369 e. The number of nitrogens with zero attached hydrogens (tertiary/aromatic N) is 1. The molecule has 6 nitrogen and oxygen atoms in total. The van der Waals surface area contributed by atoms with Crippen molar-refractivity contribution in [1.29, 1.82) is 0 Å². The Kier molecular flexibility index (Phi) is 5.99. The Morgan fingerprint density at radius 1 is 1.17 bits per heavy atom. The first kappa shape index (κ1) is 21.3. The van der Waals surface area contributed by atoms with Crippen molar-refractivity contribution in [3.05, 3.63) is 69.8 Å². The number of halogens is 3. The monoisotopic (exact) mass is 457 g/mol. The van der Waals surface area contributed by atoms with E-state index in [0.29, 0.717) is 16.9 Å². The van der Waals surface area contributed by atoms with Crippen molar-refractivity contribution in [2.75, 3.05) is 0 Å². The molecule has 0 saturated carbocycles. The number of benzene rings is 2. The fraction of sp³-hybridized carbons (Fsp3) is 0.111. The van der Waals surface area contributed by atoms with Crippen LogP contribution in [0.1, 0.15) is 28.5 Å². The summed E-state index contributed by atoms with van der Waals surface area (Å²) in [5.74, 6) is -1.78. The summed E-state index contributed by atoms with van der Waals surface area (Å²) in [5, 5.41) is 5.17. The molecule has 1 atom stereocenters. The van der Waals surface area contributed by atoms with Gasteiger partial charge in [-0.1, -0.05) is 41.9 Å². The minimum absolute atomic E-state index is 0.100. The molecular weight excluding hydrogens is 444 g/mol. The Hall–Kier alpha value is -2.40. The standard InChI is InChI=1S/C18H14ClF2N3O3S2/c19-12-4-2-1-3-10(12)15(17(22)25)9-5-6-11(14(7-9)29(23,26)27)13-8-24-18(28-13)16(20)21/h1-8,15-16H,(H2,22,25)(H2,23,26,27). The third kappa shape index (κ3) is 4.45. The summed E-state index contributed by atoms with van der Waals surface area (Å²) in [6.45, 7) is 0. The third-order valence-electron chi connectivity index (χ3n) is 4.12. The van der Waals surface area contributed by atoms with Gasteiger partial charge in [-0.05, 0) is 23.3 Å². The first-order valence-corrected chi connectivity index (χ1v) is 10.8. The van der Waals surface area contributed by atoms with Crippen molar-refractivity contribution in [2.24, 2.45) is 10.9 Å². The molecule has 0 fully saturated rings. The molecule has 3 aromatic rings. The average Bonchev–Trinajstić information content (AvgIpc) is 3.13. The number of hydrogen-bond acceptors (Lipinski definition) is 5. The van der Waals surface area contributed by atoms with Crippen LogP contribution in [-0.4, -0.2) is 19.3 Å². The SMILES string of the molecule is NC(=O)C(c1ccc(-c2cnc(C(F)F)s2)c(S(N)(=O)=O)c1)c1ccccc1Cl. The van der Waals surface area contributed by atoms with Crippen molar-refractivity contribution in [1.82, 2.24) is 4.98 Å². The molecule has 0 spiro atoms. The highest BCUT2D eigenvalue weighted by Gasteiger charge is 2.26. The molecule has 0 bridgehead atoms. The van der Waals surface area contributed by atoms with E-state index >= 15 is 0 Å². The highest BCUT2D eigenvalue weighted by Crippen LogP contribution is 2.37. The van der Waals surface area contributed by atoms with Gasteiger partial charge in [0.15, 0.2) is 5.01 Å². The van der Waals surface area contributed by atoms with E-state index in [1.807, 2.05) is 0 Å². The van der Waals surface area contributed by atoms with Crippen LogP contribution in [0.3, 0.4) is 0 Å². The van der Waals surface area contributed by atoms with E-state index in [2.05, 4.69) is 4.98 Å². The van der Waals surface area contributed by atoms with E-state index < -0.39 is 33.3 Å². The summed E-state index contributed by atoms with van der Waals surface area (Å²) in [7, 11) is -4.26. The first-order chi connectivity index (χ1) is 13.6. The van der Waals surface area contributed by atoms with E-state index in [9.17, 15) is 22.0 Å². The summed E-state index contributed by atoms with van der Waals surface area (Å²) < 4.78 is 50.1. The van der Waals surface area contributed by atoms with Crippen molar-refractivity contribution in [3.63, 3.8) is 0 Å². The van der Waals surface area contributed by atoms with Gasteiger partial charge < -0.3 is 5.73 Å². The molecule has 1 aromatic heterocycles. The normalized spacial score (nSPS) is 12.9. The van der Waals surface area contributed by atoms with Crippen LogP contribution in [0.2, 0.25) is 5.02 Å². The number of primary amides is 1. The molecule has 0 aliphatic carbocycles. The van der Waals surface area contributed by atoms with E-state index in [0.717, 1.165) is 6.20 Å². The topological polar surface area (TPSA) is 116 Å². The number of thiazole rings is 1. The molecule has 1 amide bonds. The van der Waals surface area contributed by atoms with Crippen LogP contribution in [0, 0.1) is 0 Å². The van der Waals surface area contributed by atoms with Gasteiger partial charge in [0.1, 0.15) is 0 Å². The Bertz CT molecular complexity index is 1180. The van der Waals surface area contributed by atoms with E-state index in [-0.39, 0.29) is 25.9 Å². The van der Waals surface area contributed by atoms with Crippen LogP contribution in [-0.2, 0) is 14.8 Å². The first-order valence-electron chi connectivity index (χ1n) is 8.04. The number of aromatic nitrogens is 1. The predicted octanol–water partition coefficient (Wildman–Crippen LogP) is 3.67. The predicted molar refractivity (Wildman–Crippen MR) is 106 cm³/mol. The maximum atomic E-state index is 12.9. The number of sulfonamides is 1. The summed E-state index contributed by atoms with van der Waals surface area (Å²) in [6, 6.07) is 10.6. The van der Waals surface area contributed by atoms with Crippen molar-refractivity contribution in [2.45, 2.75) is 17.2 Å². The fourth-order valence-corrected chi connectivity index (χ4v) is 4.78. The van der Waals surface area contributed by atoms with Gasteiger partial charge in [0.25, 0.3) is 6.43 Å². The molecular formula is C18H14ClF2N3O3S2. The van der Waals surface area contributed by atoms with Gasteiger partial charge >= 0.3 is 0 Å². The quantitative estimate of drug-likeness (QED) is 0.587. The van der Waals surface area contributed by atoms with Gasteiger partial charge in [-0.3, -0.25) is 4.79 Å². The molecule has 11 heteroatoms. The lowest BCUT2D eigenvalue weighted by atomic mass is 9.90. The number of primary sulfonamides is 1. The summed E-state index contributed by atoms with van der Waals surface area (Å²) >= 11 is 6.82. The lowest BCUT2D eigenvalue weighted by Gasteiger charge is -2.17. The van der Waals surface area contributed by atoms with Crippen molar-refractivity contribution in [3.8, 4) is 10.4 Å². The fourth-order valence-electron chi connectivity index (χ4n) is 2.88. The molecule has 29 heavy (non-hydrogen) atoms. The highest BCUT2D eigenvalue weighted by atomic mass is 35.5. The molecule has 1 heterocycles. The lowest BCUT2D eigenvalue weighted by Crippen LogP contribution is -2.23. The van der Waals surface area contributed by atoms with Gasteiger partial charge in [0.2, 0.25) is 15.9 Å². The molecule has 0 saturated heterocycles. The lowest BCUT2D eigenvalue weighted by molar-refractivity contribution is -0.118. The maximum absolute atomic E-state index is 12.9. The second-order valence-corrected chi connectivity index (χ2v) is 9.02. The molecule has 1 unspecified atom stereocenters. The Labute approximate surface area is 174 Å². The minimum atomic E-state index is -4.26. The number of carbonyl (C=O) groups excluding carboxylic acids is 1. The zero-order chi connectivity index (χ0) is 21.3. The Morgan fingerprint density at radius 3 is 2.41 bits per heavy atom. The van der Waals surface area contributed by atoms with E-state index in [4.69, 9.17) is 22.5 Å². The zero-order valence-electron chi connectivity index (χ0n) is 14.6. The van der Waals surface area contributed by atoms with Crippen LogP contribution in [0.4, 0.5) is 8.78 Å². The summed E-state index contributed by atoms with van der Waals surface area (Å²) in [5.41, 5.74) is 6.29. The van der Waals surface area contributed by atoms with E-state index in [1.165, 1.54) is 18.2 Å². The van der Waals surface area contributed by atoms with Gasteiger partial charge in [-0.15, -0.1) is 11.3 Å². The number of alkyl halides is 2. The number of rotatable bonds is 6. The van der Waals surface area contributed by atoms with Gasteiger partial charge in [-0.25, -0.2) is 27.3 Å². The molecule has 3 rings (SSSR count). The van der Waals surface area contributed by atoms with Gasteiger partial charge in [0.05, 0.1) is 15.7 Å².